The molecule has 2 aromatic carbocycles. The largest absolute Gasteiger partial charge is 0.459 e. The van der Waals surface area contributed by atoms with E-state index in [0.29, 0.717) is 16.8 Å². The molecule has 0 atom stereocenters. The number of hydrazine groups is 1. The van der Waals surface area contributed by atoms with Gasteiger partial charge in [0.25, 0.3) is 17.7 Å². The Bertz CT molecular complexity index is 963. The fourth-order valence-corrected chi connectivity index (χ4v) is 2.39. The van der Waals surface area contributed by atoms with E-state index < -0.39 is 11.8 Å². The first-order valence-corrected chi connectivity index (χ1v) is 8.16. The first kappa shape index (κ1) is 17.9. The number of carbonyl (C=O) groups excluding carboxylic acids is 3. The van der Waals surface area contributed by atoms with Crippen LogP contribution in [0.15, 0.2) is 71.3 Å². The third-order valence-corrected chi connectivity index (χ3v) is 3.83. The SMILES string of the molecule is Cc1ccccc1C(=O)NNC(=O)c1ccc(NC(=O)c2ccco2)cc1. The van der Waals surface area contributed by atoms with E-state index >= 15 is 0 Å². The van der Waals surface area contributed by atoms with Crippen molar-refractivity contribution < 1.29 is 18.8 Å². The third-order valence-electron chi connectivity index (χ3n) is 3.83. The van der Waals surface area contributed by atoms with E-state index in [0.717, 1.165) is 5.56 Å². The van der Waals surface area contributed by atoms with Crippen molar-refractivity contribution in [3.05, 3.63) is 89.4 Å². The van der Waals surface area contributed by atoms with Gasteiger partial charge in [0.15, 0.2) is 5.76 Å². The second kappa shape index (κ2) is 8.01. The monoisotopic (exact) mass is 363 g/mol. The van der Waals surface area contributed by atoms with E-state index in [1.54, 1.807) is 36.4 Å². The normalized spacial score (nSPS) is 10.1. The lowest BCUT2D eigenvalue weighted by atomic mass is 10.1. The Kier molecular flexibility index (Phi) is 5.32. The zero-order valence-electron chi connectivity index (χ0n) is 14.5. The van der Waals surface area contributed by atoms with Crippen LogP contribution >= 0.6 is 0 Å². The van der Waals surface area contributed by atoms with E-state index in [-0.39, 0.29) is 11.7 Å². The molecule has 7 nitrogen and oxygen atoms in total. The molecule has 1 aromatic heterocycles. The van der Waals surface area contributed by atoms with Gasteiger partial charge in [0.2, 0.25) is 0 Å². The van der Waals surface area contributed by atoms with Crippen molar-refractivity contribution in [3.8, 4) is 0 Å². The van der Waals surface area contributed by atoms with Crippen LogP contribution in [0.2, 0.25) is 0 Å². The molecule has 0 aliphatic carbocycles. The molecule has 0 saturated heterocycles. The van der Waals surface area contributed by atoms with Gasteiger partial charge >= 0.3 is 0 Å². The highest BCUT2D eigenvalue weighted by Gasteiger charge is 2.12. The van der Waals surface area contributed by atoms with Gasteiger partial charge in [-0.25, -0.2) is 0 Å². The summed E-state index contributed by atoms with van der Waals surface area (Å²) in [5, 5.41) is 2.65. The van der Waals surface area contributed by atoms with Crippen LogP contribution in [-0.2, 0) is 0 Å². The summed E-state index contributed by atoms with van der Waals surface area (Å²) in [6.07, 6.45) is 1.41. The molecular weight excluding hydrogens is 346 g/mol. The zero-order valence-corrected chi connectivity index (χ0v) is 14.5. The molecule has 0 aliphatic heterocycles. The lowest BCUT2D eigenvalue weighted by Gasteiger charge is -2.09. The molecule has 3 rings (SSSR count). The van der Waals surface area contributed by atoms with Crippen LogP contribution in [0.25, 0.3) is 0 Å². The van der Waals surface area contributed by atoms with Gasteiger partial charge < -0.3 is 9.73 Å². The van der Waals surface area contributed by atoms with Gasteiger partial charge in [0.1, 0.15) is 0 Å². The molecule has 0 spiro atoms. The van der Waals surface area contributed by atoms with Crippen LogP contribution in [0.4, 0.5) is 5.69 Å². The van der Waals surface area contributed by atoms with Gasteiger partial charge in [-0.1, -0.05) is 18.2 Å². The van der Waals surface area contributed by atoms with Crippen LogP contribution in [-0.4, -0.2) is 17.7 Å². The summed E-state index contributed by atoms with van der Waals surface area (Å²) in [4.78, 5) is 36.2. The number of furan rings is 1. The van der Waals surface area contributed by atoms with E-state index in [1.807, 2.05) is 19.1 Å². The smallest absolute Gasteiger partial charge is 0.291 e. The maximum Gasteiger partial charge on any atom is 0.291 e. The van der Waals surface area contributed by atoms with Gasteiger partial charge in [-0.3, -0.25) is 25.2 Å². The average molecular weight is 363 g/mol. The first-order valence-electron chi connectivity index (χ1n) is 8.16. The summed E-state index contributed by atoms with van der Waals surface area (Å²) in [6.45, 7) is 1.81. The van der Waals surface area contributed by atoms with E-state index in [2.05, 4.69) is 16.2 Å². The van der Waals surface area contributed by atoms with Crippen molar-refractivity contribution >= 4 is 23.4 Å². The minimum Gasteiger partial charge on any atom is -0.459 e. The Morgan fingerprint density at radius 1 is 0.778 bits per heavy atom. The number of nitrogens with one attached hydrogen (secondary N) is 3. The van der Waals surface area contributed by atoms with E-state index in [1.165, 1.54) is 18.4 Å². The van der Waals surface area contributed by atoms with Crippen molar-refractivity contribution in [2.75, 3.05) is 5.32 Å². The number of carbonyl (C=O) groups is 3. The van der Waals surface area contributed by atoms with Crippen molar-refractivity contribution in [1.29, 1.82) is 0 Å². The minimum atomic E-state index is -0.471. The quantitative estimate of drug-likeness (QED) is 0.621. The predicted octanol–water partition coefficient (Wildman–Crippen LogP) is 2.92. The number of hydrogen-bond acceptors (Lipinski definition) is 4. The molecule has 0 fully saturated rings. The second-order valence-electron chi connectivity index (χ2n) is 5.73. The maximum absolute atomic E-state index is 12.2. The summed E-state index contributed by atoms with van der Waals surface area (Å²) in [5.74, 6) is -1.07. The van der Waals surface area contributed by atoms with Crippen molar-refractivity contribution in [2.24, 2.45) is 0 Å². The van der Waals surface area contributed by atoms with Crippen LogP contribution < -0.4 is 16.2 Å². The maximum atomic E-state index is 12.2. The van der Waals surface area contributed by atoms with Crippen molar-refractivity contribution in [3.63, 3.8) is 0 Å². The molecule has 1 heterocycles. The minimum absolute atomic E-state index is 0.190. The van der Waals surface area contributed by atoms with Crippen LogP contribution in [0.1, 0.15) is 36.8 Å². The Morgan fingerprint density at radius 3 is 2.15 bits per heavy atom. The number of hydrogen-bond donors (Lipinski definition) is 3. The predicted molar refractivity (Wildman–Crippen MR) is 99.2 cm³/mol. The van der Waals surface area contributed by atoms with Gasteiger partial charge in [-0.05, 0) is 55.0 Å². The zero-order chi connectivity index (χ0) is 19.2. The standard InChI is InChI=1S/C20H17N3O4/c1-13-5-2-3-6-16(13)19(25)23-22-18(24)14-8-10-15(11-9-14)21-20(26)17-7-4-12-27-17/h2-12H,1H3,(H,21,26)(H,22,24)(H,23,25). The number of benzene rings is 2. The van der Waals surface area contributed by atoms with Gasteiger partial charge in [0.05, 0.1) is 6.26 Å². The number of anilines is 1. The van der Waals surface area contributed by atoms with Crippen LogP contribution in [0.5, 0.6) is 0 Å². The molecule has 0 bridgehead atoms. The molecule has 7 heteroatoms. The summed E-state index contributed by atoms with van der Waals surface area (Å²) >= 11 is 0. The van der Waals surface area contributed by atoms with Crippen molar-refractivity contribution in [1.82, 2.24) is 10.9 Å². The number of rotatable bonds is 4. The summed E-state index contributed by atoms with van der Waals surface area (Å²) in [7, 11) is 0. The Labute approximate surface area is 155 Å². The average Bonchev–Trinajstić information content (AvgIpc) is 3.22. The van der Waals surface area contributed by atoms with Gasteiger partial charge in [-0.2, -0.15) is 0 Å². The highest BCUT2D eigenvalue weighted by Crippen LogP contribution is 2.12. The number of amides is 3. The van der Waals surface area contributed by atoms with Crippen LogP contribution in [0, 0.1) is 6.92 Å². The topological polar surface area (TPSA) is 100 Å². The third kappa shape index (κ3) is 4.40. The molecule has 136 valence electrons. The Hall–Kier alpha value is -3.87. The highest BCUT2D eigenvalue weighted by atomic mass is 16.3. The van der Waals surface area contributed by atoms with E-state index in [4.69, 9.17) is 4.42 Å². The fourth-order valence-electron chi connectivity index (χ4n) is 2.39. The molecule has 0 unspecified atom stereocenters. The van der Waals surface area contributed by atoms with E-state index in [9.17, 15) is 14.4 Å². The molecule has 0 saturated carbocycles. The summed E-state index contributed by atoms with van der Waals surface area (Å²) < 4.78 is 5.01. The lowest BCUT2D eigenvalue weighted by Crippen LogP contribution is -2.41. The number of aryl methyl sites for hydroxylation is 1. The molecular formula is C20H17N3O4. The van der Waals surface area contributed by atoms with Gasteiger partial charge in [0, 0.05) is 16.8 Å². The van der Waals surface area contributed by atoms with Gasteiger partial charge in [-0.15, -0.1) is 0 Å². The summed E-state index contributed by atoms with van der Waals surface area (Å²) in [6, 6.07) is 16.5. The molecule has 3 aromatic rings. The molecule has 3 N–H and O–H groups in total. The Morgan fingerprint density at radius 2 is 1.48 bits per heavy atom. The second-order valence-corrected chi connectivity index (χ2v) is 5.73. The Balaban J connectivity index is 1.57. The lowest BCUT2D eigenvalue weighted by molar-refractivity contribution is 0.0846. The highest BCUT2D eigenvalue weighted by molar-refractivity contribution is 6.03. The summed E-state index contributed by atoms with van der Waals surface area (Å²) in [5.41, 5.74) is 6.88. The van der Waals surface area contributed by atoms with Crippen molar-refractivity contribution in [2.45, 2.75) is 6.92 Å². The fraction of sp³-hybridized carbons (Fsp3) is 0.0500. The van der Waals surface area contributed by atoms with Crippen LogP contribution in [0.3, 0.4) is 0 Å². The molecule has 3 amide bonds. The molecule has 27 heavy (non-hydrogen) atoms. The molecule has 0 aliphatic rings. The molecule has 0 radical (unpaired) electrons. The first-order chi connectivity index (χ1) is 13.0.